The minimum atomic E-state index is -0.798. The van der Waals surface area contributed by atoms with Crippen LogP contribution in [0, 0.1) is 23.2 Å². The zero-order valence-electron chi connectivity index (χ0n) is 14.6. The highest BCUT2D eigenvalue weighted by molar-refractivity contribution is 6.36. The van der Waals surface area contributed by atoms with Gasteiger partial charge in [-0.05, 0) is 74.0 Å². The first-order valence-corrected chi connectivity index (χ1v) is 10.1. The van der Waals surface area contributed by atoms with Crippen LogP contribution in [0.2, 0.25) is 10.0 Å². The second kappa shape index (κ2) is 6.72. The lowest BCUT2D eigenvalue weighted by molar-refractivity contribution is -0.148. The third-order valence-corrected chi connectivity index (χ3v) is 7.35. The summed E-state index contributed by atoms with van der Waals surface area (Å²) in [6.07, 6.45) is 6.85. The molecule has 4 aliphatic carbocycles. The van der Waals surface area contributed by atoms with Crippen molar-refractivity contribution in [3.05, 3.63) is 33.8 Å². The van der Waals surface area contributed by atoms with Gasteiger partial charge in [-0.3, -0.25) is 9.59 Å². The number of benzene rings is 1. The Balaban J connectivity index is 1.52. The fourth-order valence-corrected chi connectivity index (χ4v) is 6.41. The fraction of sp³-hybridized carbons (Fsp3) is 0.600. The molecule has 26 heavy (non-hydrogen) atoms. The number of primary amides is 1. The summed E-state index contributed by atoms with van der Waals surface area (Å²) in [5, 5.41) is 3.90. The van der Waals surface area contributed by atoms with E-state index in [4.69, 9.17) is 28.9 Å². The largest absolute Gasteiger partial charge is 0.368 e. The van der Waals surface area contributed by atoms with Crippen LogP contribution in [-0.2, 0) is 16.0 Å². The molecule has 4 bridgehead atoms. The molecule has 4 nitrogen and oxygen atoms in total. The molecular formula is C20H24Cl2N2O2. The van der Waals surface area contributed by atoms with E-state index >= 15 is 0 Å². The first kappa shape index (κ1) is 18.1. The van der Waals surface area contributed by atoms with Crippen LogP contribution >= 0.6 is 23.2 Å². The van der Waals surface area contributed by atoms with Crippen molar-refractivity contribution in [3.63, 3.8) is 0 Å². The molecule has 0 spiro atoms. The zero-order valence-corrected chi connectivity index (χ0v) is 16.2. The highest BCUT2D eigenvalue weighted by Gasteiger charge is 2.54. The molecule has 0 saturated heterocycles. The summed E-state index contributed by atoms with van der Waals surface area (Å²) in [6.45, 7) is 0. The number of hydrogen-bond acceptors (Lipinski definition) is 2. The maximum Gasteiger partial charge on any atom is 0.240 e. The van der Waals surface area contributed by atoms with E-state index in [-0.39, 0.29) is 17.7 Å². The lowest BCUT2D eigenvalue weighted by atomic mass is 9.49. The summed E-state index contributed by atoms with van der Waals surface area (Å²) < 4.78 is 0. The second-order valence-corrected chi connectivity index (χ2v) is 9.35. The Hall–Kier alpha value is -1.26. The van der Waals surface area contributed by atoms with Gasteiger partial charge in [-0.1, -0.05) is 29.3 Å². The molecule has 1 aromatic carbocycles. The van der Waals surface area contributed by atoms with E-state index in [9.17, 15) is 9.59 Å². The molecule has 2 amide bonds. The van der Waals surface area contributed by atoms with Crippen LogP contribution in [0.4, 0.5) is 0 Å². The zero-order chi connectivity index (χ0) is 18.5. The first-order chi connectivity index (χ1) is 12.4. The van der Waals surface area contributed by atoms with Gasteiger partial charge < -0.3 is 11.1 Å². The van der Waals surface area contributed by atoms with Gasteiger partial charge in [0.2, 0.25) is 11.8 Å². The maximum absolute atomic E-state index is 13.2. The van der Waals surface area contributed by atoms with E-state index < -0.39 is 11.9 Å². The normalized spacial score (nSPS) is 33.1. The van der Waals surface area contributed by atoms with Gasteiger partial charge in [0.1, 0.15) is 6.04 Å². The average Bonchev–Trinajstić information content (AvgIpc) is 2.55. The minimum Gasteiger partial charge on any atom is -0.368 e. The van der Waals surface area contributed by atoms with Crippen molar-refractivity contribution in [2.75, 3.05) is 0 Å². The van der Waals surface area contributed by atoms with Crippen LogP contribution < -0.4 is 11.1 Å². The van der Waals surface area contributed by atoms with E-state index in [2.05, 4.69) is 5.32 Å². The van der Waals surface area contributed by atoms with E-state index in [1.807, 2.05) is 0 Å². The Labute approximate surface area is 163 Å². The van der Waals surface area contributed by atoms with Gasteiger partial charge in [-0.25, -0.2) is 0 Å². The molecule has 0 unspecified atom stereocenters. The third kappa shape index (κ3) is 3.22. The smallest absolute Gasteiger partial charge is 0.240 e. The van der Waals surface area contributed by atoms with Crippen molar-refractivity contribution in [2.45, 2.75) is 51.0 Å². The van der Waals surface area contributed by atoms with Gasteiger partial charge in [0.25, 0.3) is 0 Å². The Morgan fingerprint density at radius 2 is 1.58 bits per heavy atom. The molecule has 5 rings (SSSR count). The first-order valence-electron chi connectivity index (χ1n) is 9.39. The predicted octanol–water partition coefficient (Wildman–Crippen LogP) is 3.72. The van der Waals surface area contributed by atoms with E-state index in [1.54, 1.807) is 18.2 Å². The molecule has 140 valence electrons. The standard InChI is InChI=1S/C20H24Cl2N2O2/c21-15-2-1-3-16(22)14(15)7-17(18(23)25)24-19(26)20-8-11-4-12(9-20)6-13(5-11)10-20/h1-3,11-13,17H,4-10H2,(H2,23,25)(H,24,26)/t11?,12?,13?,17-,20?/m1/s1. The molecule has 3 N–H and O–H groups in total. The van der Waals surface area contributed by atoms with E-state index in [0.717, 1.165) is 19.3 Å². The monoisotopic (exact) mass is 394 g/mol. The summed E-state index contributed by atoms with van der Waals surface area (Å²) in [5.74, 6) is 1.42. The van der Waals surface area contributed by atoms with Crippen molar-refractivity contribution in [1.82, 2.24) is 5.32 Å². The predicted molar refractivity (Wildman–Crippen MR) is 102 cm³/mol. The van der Waals surface area contributed by atoms with Crippen LogP contribution in [-0.4, -0.2) is 17.9 Å². The molecule has 1 aromatic rings. The Kier molecular flexibility index (Phi) is 4.68. The molecule has 0 radical (unpaired) electrons. The summed E-state index contributed by atoms with van der Waals surface area (Å²) >= 11 is 12.4. The molecule has 4 fully saturated rings. The number of amides is 2. The molecule has 6 heteroatoms. The fourth-order valence-electron chi connectivity index (χ4n) is 5.85. The van der Waals surface area contributed by atoms with Gasteiger partial charge in [0.05, 0.1) is 0 Å². The highest BCUT2D eigenvalue weighted by atomic mass is 35.5. The molecule has 4 saturated carbocycles. The van der Waals surface area contributed by atoms with Crippen molar-refractivity contribution in [3.8, 4) is 0 Å². The Morgan fingerprint density at radius 1 is 1.08 bits per heavy atom. The van der Waals surface area contributed by atoms with Crippen molar-refractivity contribution >= 4 is 35.0 Å². The number of rotatable bonds is 5. The van der Waals surface area contributed by atoms with E-state index in [1.165, 1.54) is 19.3 Å². The van der Waals surface area contributed by atoms with Gasteiger partial charge in [-0.15, -0.1) is 0 Å². The van der Waals surface area contributed by atoms with Gasteiger partial charge in [0, 0.05) is 21.9 Å². The molecule has 0 aliphatic heterocycles. The van der Waals surface area contributed by atoms with Gasteiger partial charge >= 0.3 is 0 Å². The number of carbonyl (C=O) groups is 2. The van der Waals surface area contributed by atoms with Crippen molar-refractivity contribution in [1.29, 1.82) is 0 Å². The SMILES string of the molecule is NC(=O)[C@@H](Cc1c(Cl)cccc1Cl)NC(=O)C12CC3CC(CC(C3)C1)C2. The molecule has 0 aromatic heterocycles. The number of nitrogens with two attached hydrogens (primary N) is 1. The summed E-state index contributed by atoms with van der Waals surface area (Å²) in [7, 11) is 0. The second-order valence-electron chi connectivity index (χ2n) is 8.53. The molecular weight excluding hydrogens is 371 g/mol. The van der Waals surface area contributed by atoms with Crippen LogP contribution in [0.5, 0.6) is 0 Å². The number of nitrogens with one attached hydrogen (secondary N) is 1. The van der Waals surface area contributed by atoms with Crippen LogP contribution in [0.25, 0.3) is 0 Å². The molecule has 0 heterocycles. The topological polar surface area (TPSA) is 72.2 Å². The molecule has 1 atom stereocenters. The van der Waals surface area contributed by atoms with Crippen molar-refractivity contribution in [2.24, 2.45) is 28.9 Å². The minimum absolute atomic E-state index is 0.0106. The van der Waals surface area contributed by atoms with Crippen LogP contribution in [0.15, 0.2) is 18.2 Å². The average molecular weight is 395 g/mol. The number of carbonyl (C=O) groups excluding carboxylic acids is 2. The summed E-state index contributed by atoms with van der Waals surface area (Å²) in [5.41, 5.74) is 5.92. The molecule has 4 aliphatic rings. The number of hydrogen-bond donors (Lipinski definition) is 2. The van der Waals surface area contributed by atoms with Crippen LogP contribution in [0.1, 0.15) is 44.1 Å². The van der Waals surface area contributed by atoms with Gasteiger partial charge in [-0.2, -0.15) is 0 Å². The van der Waals surface area contributed by atoms with Crippen molar-refractivity contribution < 1.29 is 9.59 Å². The number of halogens is 2. The Morgan fingerprint density at radius 3 is 2.04 bits per heavy atom. The summed E-state index contributed by atoms with van der Waals surface area (Å²) in [4.78, 5) is 25.2. The Bertz CT molecular complexity index is 694. The maximum atomic E-state index is 13.2. The van der Waals surface area contributed by atoms with Crippen LogP contribution in [0.3, 0.4) is 0 Å². The quantitative estimate of drug-likeness (QED) is 0.798. The lowest BCUT2D eigenvalue weighted by Crippen LogP contribution is -2.57. The summed E-state index contributed by atoms with van der Waals surface area (Å²) in [6, 6.07) is 4.40. The van der Waals surface area contributed by atoms with Gasteiger partial charge in [0.15, 0.2) is 0 Å². The highest BCUT2D eigenvalue weighted by Crippen LogP contribution is 2.60. The third-order valence-electron chi connectivity index (χ3n) is 6.64. The van der Waals surface area contributed by atoms with E-state index in [0.29, 0.717) is 33.4 Å². The lowest BCUT2D eigenvalue weighted by Gasteiger charge is -2.55.